The SMILES string of the molecule is COc1cc(N2C[C@H]3COC[C@@]3(COc3ccccn3)C2)ncn1. The van der Waals surface area contributed by atoms with Crippen molar-refractivity contribution >= 4 is 5.82 Å². The molecule has 2 aromatic heterocycles. The van der Waals surface area contributed by atoms with Gasteiger partial charge in [-0.15, -0.1) is 0 Å². The first kappa shape index (κ1) is 15.1. The molecule has 0 unspecified atom stereocenters. The fraction of sp³-hybridized carbons (Fsp3) is 0.471. The van der Waals surface area contributed by atoms with Gasteiger partial charge in [-0.25, -0.2) is 15.0 Å². The molecule has 0 aliphatic carbocycles. The molecule has 0 amide bonds. The van der Waals surface area contributed by atoms with Crippen molar-refractivity contribution < 1.29 is 14.2 Å². The number of nitrogens with zero attached hydrogens (tertiary/aromatic N) is 4. The van der Waals surface area contributed by atoms with Gasteiger partial charge in [-0.3, -0.25) is 0 Å². The molecule has 24 heavy (non-hydrogen) atoms. The molecule has 126 valence electrons. The van der Waals surface area contributed by atoms with E-state index >= 15 is 0 Å². The number of pyridine rings is 1. The van der Waals surface area contributed by atoms with Crippen molar-refractivity contribution in [2.75, 3.05) is 44.9 Å². The topological polar surface area (TPSA) is 69.6 Å². The van der Waals surface area contributed by atoms with Gasteiger partial charge in [0.1, 0.15) is 12.1 Å². The fourth-order valence-electron chi connectivity index (χ4n) is 3.48. The Morgan fingerprint density at radius 1 is 1.29 bits per heavy atom. The third kappa shape index (κ3) is 2.75. The van der Waals surface area contributed by atoms with Gasteiger partial charge < -0.3 is 19.1 Å². The van der Waals surface area contributed by atoms with E-state index in [0.29, 0.717) is 30.9 Å². The monoisotopic (exact) mass is 328 g/mol. The Hall–Kier alpha value is -2.41. The third-order valence-corrected chi connectivity index (χ3v) is 4.83. The Kier molecular flexibility index (Phi) is 3.93. The minimum Gasteiger partial charge on any atom is -0.481 e. The van der Waals surface area contributed by atoms with Crippen LogP contribution in [0.2, 0.25) is 0 Å². The van der Waals surface area contributed by atoms with Crippen molar-refractivity contribution in [3.63, 3.8) is 0 Å². The van der Waals surface area contributed by atoms with E-state index in [-0.39, 0.29) is 5.41 Å². The lowest BCUT2D eigenvalue weighted by Gasteiger charge is -2.27. The average Bonchev–Trinajstić information content (AvgIpc) is 3.18. The second-order valence-electron chi connectivity index (χ2n) is 6.33. The molecule has 2 atom stereocenters. The minimum atomic E-state index is -0.0320. The van der Waals surface area contributed by atoms with Crippen molar-refractivity contribution in [2.24, 2.45) is 11.3 Å². The number of fused-ring (bicyclic) bond motifs is 1. The first-order valence-corrected chi connectivity index (χ1v) is 8.02. The van der Waals surface area contributed by atoms with Crippen LogP contribution < -0.4 is 14.4 Å². The summed E-state index contributed by atoms with van der Waals surface area (Å²) >= 11 is 0. The second kappa shape index (κ2) is 6.24. The van der Waals surface area contributed by atoms with Gasteiger partial charge in [0.25, 0.3) is 0 Å². The zero-order chi connectivity index (χ0) is 16.4. The molecule has 2 aliphatic rings. The van der Waals surface area contributed by atoms with Crippen LogP contribution in [-0.4, -0.2) is 55.0 Å². The molecule has 7 heteroatoms. The van der Waals surface area contributed by atoms with Crippen LogP contribution in [0.25, 0.3) is 0 Å². The van der Waals surface area contributed by atoms with E-state index in [0.717, 1.165) is 25.5 Å². The van der Waals surface area contributed by atoms with E-state index in [4.69, 9.17) is 14.2 Å². The summed E-state index contributed by atoms with van der Waals surface area (Å²) in [6.45, 7) is 3.78. The van der Waals surface area contributed by atoms with Crippen molar-refractivity contribution in [1.29, 1.82) is 0 Å². The summed E-state index contributed by atoms with van der Waals surface area (Å²) in [5.74, 6) is 2.53. The van der Waals surface area contributed by atoms with Crippen LogP contribution in [0.4, 0.5) is 5.82 Å². The lowest BCUT2D eigenvalue weighted by atomic mass is 9.82. The number of anilines is 1. The molecule has 2 fully saturated rings. The normalized spacial score (nSPS) is 25.5. The van der Waals surface area contributed by atoms with E-state index < -0.39 is 0 Å². The van der Waals surface area contributed by atoms with Crippen LogP contribution in [0.15, 0.2) is 36.8 Å². The molecule has 4 heterocycles. The second-order valence-corrected chi connectivity index (χ2v) is 6.33. The molecule has 2 saturated heterocycles. The van der Waals surface area contributed by atoms with Gasteiger partial charge in [-0.05, 0) is 6.07 Å². The highest BCUT2D eigenvalue weighted by Crippen LogP contribution is 2.43. The van der Waals surface area contributed by atoms with E-state index in [1.165, 1.54) is 6.33 Å². The van der Waals surface area contributed by atoms with Crippen LogP contribution in [0.1, 0.15) is 0 Å². The fourth-order valence-corrected chi connectivity index (χ4v) is 3.48. The van der Waals surface area contributed by atoms with Gasteiger partial charge in [0.15, 0.2) is 0 Å². The van der Waals surface area contributed by atoms with Crippen molar-refractivity contribution in [3.05, 3.63) is 36.8 Å². The molecule has 2 aromatic rings. The summed E-state index contributed by atoms with van der Waals surface area (Å²) in [6.07, 6.45) is 3.28. The van der Waals surface area contributed by atoms with Crippen molar-refractivity contribution in [2.45, 2.75) is 0 Å². The van der Waals surface area contributed by atoms with E-state index in [1.807, 2.05) is 24.3 Å². The van der Waals surface area contributed by atoms with Gasteiger partial charge in [0, 0.05) is 37.3 Å². The van der Waals surface area contributed by atoms with Gasteiger partial charge in [0.2, 0.25) is 11.8 Å². The van der Waals surface area contributed by atoms with Gasteiger partial charge in [0.05, 0.1) is 32.3 Å². The Balaban J connectivity index is 1.50. The van der Waals surface area contributed by atoms with E-state index in [9.17, 15) is 0 Å². The number of hydrogen-bond donors (Lipinski definition) is 0. The Morgan fingerprint density at radius 2 is 2.25 bits per heavy atom. The molecule has 0 N–H and O–H groups in total. The zero-order valence-electron chi connectivity index (χ0n) is 13.6. The summed E-state index contributed by atoms with van der Waals surface area (Å²) in [5, 5.41) is 0. The van der Waals surface area contributed by atoms with Crippen LogP contribution in [0, 0.1) is 11.3 Å². The maximum Gasteiger partial charge on any atom is 0.218 e. The van der Waals surface area contributed by atoms with Gasteiger partial charge in [-0.1, -0.05) is 6.07 Å². The minimum absolute atomic E-state index is 0.0320. The van der Waals surface area contributed by atoms with Gasteiger partial charge in [-0.2, -0.15) is 0 Å². The first-order valence-electron chi connectivity index (χ1n) is 8.02. The van der Waals surface area contributed by atoms with E-state index in [2.05, 4.69) is 19.9 Å². The maximum absolute atomic E-state index is 5.95. The van der Waals surface area contributed by atoms with Crippen LogP contribution >= 0.6 is 0 Å². The number of rotatable bonds is 5. The van der Waals surface area contributed by atoms with Crippen molar-refractivity contribution in [1.82, 2.24) is 15.0 Å². The summed E-state index contributed by atoms with van der Waals surface area (Å²) in [4.78, 5) is 15.0. The molecular weight excluding hydrogens is 308 g/mol. The predicted octanol–water partition coefficient (Wildman–Crippen LogP) is 1.41. The highest BCUT2D eigenvalue weighted by molar-refractivity contribution is 5.43. The molecule has 0 spiro atoms. The molecule has 0 saturated carbocycles. The van der Waals surface area contributed by atoms with Crippen LogP contribution in [-0.2, 0) is 4.74 Å². The van der Waals surface area contributed by atoms with Crippen LogP contribution in [0.5, 0.6) is 11.8 Å². The van der Waals surface area contributed by atoms with Gasteiger partial charge >= 0.3 is 0 Å². The highest BCUT2D eigenvalue weighted by Gasteiger charge is 2.51. The molecule has 7 nitrogen and oxygen atoms in total. The summed E-state index contributed by atoms with van der Waals surface area (Å²) in [7, 11) is 1.61. The molecule has 2 aliphatic heterocycles. The molecular formula is C17H20N4O3. The largest absolute Gasteiger partial charge is 0.481 e. The Labute approximate surface area is 140 Å². The molecule has 4 rings (SSSR count). The lowest BCUT2D eigenvalue weighted by molar-refractivity contribution is 0.108. The summed E-state index contributed by atoms with van der Waals surface area (Å²) in [6, 6.07) is 7.56. The smallest absolute Gasteiger partial charge is 0.218 e. The van der Waals surface area contributed by atoms with Crippen molar-refractivity contribution in [3.8, 4) is 11.8 Å². The quantitative estimate of drug-likeness (QED) is 0.822. The summed E-state index contributed by atoms with van der Waals surface area (Å²) < 4.78 is 16.9. The molecule has 0 bridgehead atoms. The highest BCUT2D eigenvalue weighted by atomic mass is 16.5. The maximum atomic E-state index is 5.95. The lowest BCUT2D eigenvalue weighted by Crippen LogP contribution is -2.37. The number of aromatic nitrogens is 3. The average molecular weight is 328 g/mol. The number of ether oxygens (including phenoxy) is 3. The zero-order valence-corrected chi connectivity index (χ0v) is 13.6. The number of methoxy groups -OCH3 is 1. The standard InChI is InChI=1S/C17H20N4O3/c1-22-16-6-14(19-12-20-16)21-7-13-8-23-10-17(13,9-21)11-24-15-4-2-3-5-18-15/h2-6,12-13H,7-11H2,1H3/t13-,17+/m0/s1. The van der Waals surface area contributed by atoms with Crippen LogP contribution in [0.3, 0.4) is 0 Å². The predicted molar refractivity (Wildman–Crippen MR) is 87.3 cm³/mol. The molecule has 0 aromatic carbocycles. The first-order chi connectivity index (χ1) is 11.8. The Morgan fingerprint density at radius 3 is 3.08 bits per heavy atom. The van der Waals surface area contributed by atoms with E-state index in [1.54, 1.807) is 13.3 Å². The summed E-state index contributed by atoms with van der Waals surface area (Å²) in [5.41, 5.74) is -0.0320. The third-order valence-electron chi connectivity index (χ3n) is 4.83. The Bertz CT molecular complexity index is 699. The molecule has 0 radical (unpaired) electrons. The number of hydrogen-bond acceptors (Lipinski definition) is 7.